The minimum Gasteiger partial charge on any atom is -0.381 e. The van der Waals surface area contributed by atoms with E-state index >= 15 is 0 Å². The maximum Gasteiger partial charge on any atom is 0.267 e. The molecule has 4 amide bonds. The van der Waals surface area contributed by atoms with Gasteiger partial charge >= 0.3 is 0 Å². The molecule has 5 atom stereocenters. The molecule has 0 radical (unpaired) electrons. The van der Waals surface area contributed by atoms with Crippen molar-refractivity contribution < 1.29 is 36.7 Å². The molecule has 2 bridgehead atoms. The SMILES string of the molecule is C=N/C=C(\NCC1CC(F)(F)CN1C(=O)CNC=O)c1ccc(-c2ccc(-c3cnc([C@@H]4CC(F)(F)CN4C(=O)C(NC=O)C(C)C)[nH]3)c3c2C2CCC3C2)cc1. The highest BCUT2D eigenvalue weighted by Crippen LogP contribution is 2.58. The zero-order valence-electron chi connectivity index (χ0n) is 31.7. The van der Waals surface area contributed by atoms with E-state index in [9.17, 15) is 36.7 Å². The normalized spacial score (nSPS) is 23.7. The molecule has 12 nitrogen and oxygen atoms in total. The quantitative estimate of drug-likeness (QED) is 0.0926. The van der Waals surface area contributed by atoms with Gasteiger partial charge in [-0.25, -0.2) is 22.5 Å². The Morgan fingerprint density at radius 2 is 1.63 bits per heavy atom. The van der Waals surface area contributed by atoms with Gasteiger partial charge in [0.05, 0.1) is 49.3 Å². The van der Waals surface area contributed by atoms with Gasteiger partial charge in [-0.2, -0.15) is 0 Å². The Bertz CT molecular complexity index is 2070. The Hall–Kier alpha value is -5.54. The molecule has 1 aromatic heterocycles. The molecule has 2 aliphatic carbocycles. The summed E-state index contributed by atoms with van der Waals surface area (Å²) >= 11 is 0. The predicted octanol–water partition coefficient (Wildman–Crippen LogP) is 5.36. The molecule has 3 heterocycles. The van der Waals surface area contributed by atoms with E-state index in [1.54, 1.807) is 20.0 Å². The molecule has 7 rings (SSSR count). The lowest BCUT2D eigenvalue weighted by Crippen LogP contribution is -2.49. The number of carbonyl (C=O) groups excluding carboxylic acids is 4. The van der Waals surface area contributed by atoms with Crippen molar-refractivity contribution in [1.29, 1.82) is 0 Å². The molecule has 3 aromatic rings. The highest BCUT2D eigenvalue weighted by Gasteiger charge is 2.50. The summed E-state index contributed by atoms with van der Waals surface area (Å²) in [6, 6.07) is 9.15. The zero-order chi connectivity index (χ0) is 40.6. The summed E-state index contributed by atoms with van der Waals surface area (Å²) in [6.07, 6.45) is 5.89. The van der Waals surface area contributed by atoms with Crippen LogP contribution in [0, 0.1) is 5.92 Å². The fraction of sp³-hybridized carbons (Fsp3) is 0.463. The molecule has 302 valence electrons. The highest BCUT2D eigenvalue weighted by atomic mass is 19.3. The molecule has 4 N–H and O–H groups in total. The van der Waals surface area contributed by atoms with Crippen molar-refractivity contribution in [3.8, 4) is 22.4 Å². The Kier molecular flexibility index (Phi) is 11.0. The van der Waals surface area contributed by atoms with Crippen molar-refractivity contribution in [1.82, 2.24) is 35.7 Å². The van der Waals surface area contributed by atoms with Gasteiger partial charge in [-0.15, -0.1) is 0 Å². The number of nitrogens with zero attached hydrogens (tertiary/aromatic N) is 4. The number of likely N-dealkylation sites (tertiary alicyclic amines) is 2. The van der Waals surface area contributed by atoms with Gasteiger partial charge in [-0.05, 0) is 71.6 Å². The van der Waals surface area contributed by atoms with Crippen LogP contribution in [0.5, 0.6) is 0 Å². The van der Waals surface area contributed by atoms with Crippen LogP contribution in [-0.4, -0.2) is 101 Å². The van der Waals surface area contributed by atoms with Crippen LogP contribution in [0.25, 0.3) is 28.1 Å². The third-order valence-corrected chi connectivity index (χ3v) is 11.8. The first-order valence-corrected chi connectivity index (χ1v) is 19.2. The van der Waals surface area contributed by atoms with Crippen LogP contribution in [0.4, 0.5) is 17.6 Å². The summed E-state index contributed by atoms with van der Waals surface area (Å²) in [5.41, 5.74) is 7.41. The van der Waals surface area contributed by atoms with E-state index in [1.807, 2.05) is 30.3 Å². The number of benzene rings is 2. The van der Waals surface area contributed by atoms with Crippen molar-refractivity contribution >= 4 is 37.0 Å². The van der Waals surface area contributed by atoms with Crippen molar-refractivity contribution in [2.24, 2.45) is 10.9 Å². The van der Waals surface area contributed by atoms with Crippen molar-refractivity contribution in [3.05, 3.63) is 71.3 Å². The van der Waals surface area contributed by atoms with Gasteiger partial charge in [-0.1, -0.05) is 50.2 Å². The van der Waals surface area contributed by atoms with Crippen LogP contribution in [0.15, 0.2) is 53.8 Å². The number of aliphatic imine (C=N–C) groups is 1. The number of halogens is 4. The Morgan fingerprint density at radius 1 is 0.965 bits per heavy atom. The van der Waals surface area contributed by atoms with E-state index in [-0.39, 0.29) is 24.8 Å². The maximum absolute atomic E-state index is 14.9. The van der Waals surface area contributed by atoms with Crippen LogP contribution in [0.3, 0.4) is 0 Å². The average Bonchev–Trinajstić information content (AvgIpc) is 4.03. The van der Waals surface area contributed by atoms with E-state index in [0.717, 1.165) is 51.3 Å². The second-order valence-corrected chi connectivity index (χ2v) is 15.8. The minimum absolute atomic E-state index is 0.0340. The number of hydrogen-bond acceptors (Lipinski definition) is 7. The number of carbonyl (C=O) groups is 4. The fourth-order valence-corrected chi connectivity index (χ4v) is 9.22. The topological polar surface area (TPSA) is 152 Å². The predicted molar refractivity (Wildman–Crippen MR) is 205 cm³/mol. The Labute approximate surface area is 327 Å². The molecule has 3 fully saturated rings. The van der Waals surface area contributed by atoms with Gasteiger partial charge in [0, 0.05) is 31.1 Å². The van der Waals surface area contributed by atoms with E-state index in [1.165, 1.54) is 17.3 Å². The molecule has 4 aliphatic rings. The summed E-state index contributed by atoms with van der Waals surface area (Å²) in [6.45, 7) is 5.23. The summed E-state index contributed by atoms with van der Waals surface area (Å²) in [5, 5.41) is 7.91. The average molecular weight is 791 g/mol. The van der Waals surface area contributed by atoms with Crippen molar-refractivity contribution in [3.63, 3.8) is 0 Å². The highest BCUT2D eigenvalue weighted by molar-refractivity contribution is 5.85. The number of H-pyrrole nitrogens is 1. The standard InChI is InChI=1S/C41H46F4N8O4/c1-23(2)37(50-22-55)39(57)53-20-41(44,45)14-33(53)38-49-17-32(51-38)30-11-10-29(35-26-8-9-27(12-26)36(30)35)24-4-6-25(7-5-24)31(16-46-3)48-15-28-13-40(42,43)19-52(28)34(56)18-47-21-54/h4-7,10-11,16-17,21-23,26-28,33,37,48H,3,8-9,12-15,18-20H2,1-2H3,(H,47,54)(H,49,51)(H,50,55)/b31-16-/t26?,27?,28?,33-,37?/m0/s1. The molecular formula is C41H46F4N8O4. The molecule has 0 spiro atoms. The number of aromatic amines is 1. The third kappa shape index (κ3) is 7.90. The first-order valence-electron chi connectivity index (χ1n) is 19.2. The fourth-order valence-electron chi connectivity index (χ4n) is 9.22. The van der Waals surface area contributed by atoms with E-state index in [4.69, 9.17) is 0 Å². The van der Waals surface area contributed by atoms with Crippen LogP contribution in [0.1, 0.15) is 86.3 Å². The van der Waals surface area contributed by atoms with Crippen LogP contribution >= 0.6 is 0 Å². The van der Waals surface area contributed by atoms with E-state index in [2.05, 4.69) is 43.7 Å². The van der Waals surface area contributed by atoms with Gasteiger partial charge in [0.2, 0.25) is 24.6 Å². The minimum atomic E-state index is -3.12. The monoisotopic (exact) mass is 790 g/mol. The van der Waals surface area contributed by atoms with E-state index < -0.39 is 67.7 Å². The van der Waals surface area contributed by atoms with Gasteiger partial charge < -0.3 is 30.7 Å². The number of amides is 4. The number of aromatic nitrogens is 2. The van der Waals surface area contributed by atoms with Gasteiger partial charge in [0.15, 0.2) is 0 Å². The lowest BCUT2D eigenvalue weighted by molar-refractivity contribution is -0.138. The number of imidazole rings is 1. The molecule has 4 unspecified atom stereocenters. The second-order valence-electron chi connectivity index (χ2n) is 15.8. The van der Waals surface area contributed by atoms with Crippen molar-refractivity contribution in [2.45, 2.75) is 87.8 Å². The zero-order valence-corrected chi connectivity index (χ0v) is 31.7. The van der Waals surface area contributed by atoms with Crippen LogP contribution < -0.4 is 16.0 Å². The number of fused-ring (bicyclic) bond motifs is 5. The molecule has 57 heavy (non-hydrogen) atoms. The lowest BCUT2D eigenvalue weighted by Gasteiger charge is -2.29. The van der Waals surface area contributed by atoms with Gasteiger partial charge in [-0.3, -0.25) is 24.2 Å². The smallest absolute Gasteiger partial charge is 0.267 e. The number of nitrogens with one attached hydrogen (secondary N) is 4. The first-order chi connectivity index (χ1) is 27.2. The van der Waals surface area contributed by atoms with Gasteiger partial charge in [0.25, 0.3) is 11.8 Å². The summed E-state index contributed by atoms with van der Waals surface area (Å²) in [7, 11) is 0. The molecule has 2 aromatic carbocycles. The summed E-state index contributed by atoms with van der Waals surface area (Å²) in [4.78, 5) is 61.9. The maximum atomic E-state index is 14.9. The second kappa shape index (κ2) is 15.8. The van der Waals surface area contributed by atoms with Gasteiger partial charge in [0.1, 0.15) is 11.9 Å². The lowest BCUT2D eigenvalue weighted by atomic mass is 9.82. The summed E-state index contributed by atoms with van der Waals surface area (Å²) < 4.78 is 58.5. The van der Waals surface area contributed by atoms with Crippen LogP contribution in [0.2, 0.25) is 0 Å². The van der Waals surface area contributed by atoms with Crippen molar-refractivity contribution in [2.75, 3.05) is 26.2 Å². The molecule has 2 saturated heterocycles. The molecular weight excluding hydrogens is 744 g/mol. The largest absolute Gasteiger partial charge is 0.381 e. The third-order valence-electron chi connectivity index (χ3n) is 11.8. The Balaban J connectivity index is 1.13. The number of alkyl halides is 4. The Morgan fingerprint density at radius 3 is 2.30 bits per heavy atom. The molecule has 1 saturated carbocycles. The number of rotatable bonds is 15. The van der Waals surface area contributed by atoms with E-state index in [0.29, 0.717) is 36.0 Å². The van der Waals surface area contributed by atoms with Crippen LogP contribution in [-0.2, 0) is 19.2 Å². The molecule has 16 heteroatoms. The summed E-state index contributed by atoms with van der Waals surface area (Å²) in [5.74, 6) is -6.71. The molecule has 2 aliphatic heterocycles. The first kappa shape index (κ1) is 39.7. The number of hydrogen-bond donors (Lipinski definition) is 4.